The second-order valence-corrected chi connectivity index (χ2v) is 9.72. The maximum Gasteiger partial charge on any atom is 0.407 e. The Morgan fingerprint density at radius 1 is 1.26 bits per heavy atom. The fourth-order valence-corrected chi connectivity index (χ4v) is 6.20. The number of hydrogen-bond acceptors (Lipinski definition) is 5. The van der Waals surface area contributed by atoms with Crippen molar-refractivity contribution in [3.05, 3.63) is 76.8 Å². The molecule has 1 fully saturated rings. The maximum atomic E-state index is 13.5. The van der Waals surface area contributed by atoms with Crippen LogP contribution in [0.25, 0.3) is 17.2 Å². The van der Waals surface area contributed by atoms with Gasteiger partial charge in [-0.2, -0.15) is 4.37 Å². The van der Waals surface area contributed by atoms with Crippen LogP contribution >= 0.6 is 11.5 Å². The minimum Gasteiger partial charge on any atom is -0.450 e. The Bertz CT molecular complexity index is 1180. The molecule has 0 spiro atoms. The zero-order chi connectivity index (χ0) is 23.5. The molecule has 34 heavy (non-hydrogen) atoms. The van der Waals surface area contributed by atoms with Crippen molar-refractivity contribution in [2.24, 2.45) is 11.8 Å². The SMILES string of the molecule is CCOC(=O)N[C@@H]1CC[C@@H]2[C@H](Cc3nscc3[C@H]2/C=C/c2ccc(-c3cccc(F)c3)cn2)C1. The fourth-order valence-electron chi connectivity index (χ4n) is 5.43. The van der Waals surface area contributed by atoms with Crippen LogP contribution in [-0.2, 0) is 11.2 Å². The van der Waals surface area contributed by atoms with Gasteiger partial charge in [0.2, 0.25) is 0 Å². The summed E-state index contributed by atoms with van der Waals surface area (Å²) in [5, 5.41) is 5.22. The lowest BCUT2D eigenvalue weighted by molar-refractivity contribution is 0.129. The molecule has 1 N–H and O–H groups in total. The van der Waals surface area contributed by atoms with E-state index < -0.39 is 0 Å². The molecule has 2 aliphatic carbocycles. The molecule has 1 amide bonds. The van der Waals surface area contributed by atoms with Crippen molar-refractivity contribution < 1.29 is 13.9 Å². The first kappa shape index (κ1) is 22.7. The Balaban J connectivity index is 1.32. The van der Waals surface area contributed by atoms with Gasteiger partial charge >= 0.3 is 6.09 Å². The predicted octanol–water partition coefficient (Wildman–Crippen LogP) is 6.23. The molecule has 5 rings (SSSR count). The highest BCUT2D eigenvalue weighted by Crippen LogP contribution is 2.48. The first-order valence-corrected chi connectivity index (χ1v) is 12.7. The van der Waals surface area contributed by atoms with Gasteiger partial charge in [0.15, 0.2) is 0 Å². The second kappa shape index (κ2) is 10.1. The molecule has 2 aliphatic rings. The lowest BCUT2D eigenvalue weighted by Gasteiger charge is -2.42. The molecule has 7 heteroatoms. The fraction of sp³-hybridized carbons (Fsp3) is 0.370. The normalized spacial score (nSPS) is 23.8. The molecule has 2 heterocycles. The Hall–Kier alpha value is -3.06. The Morgan fingerprint density at radius 2 is 2.18 bits per heavy atom. The number of benzene rings is 1. The van der Waals surface area contributed by atoms with Gasteiger partial charge in [0.25, 0.3) is 0 Å². The molecule has 3 aromatic rings. The van der Waals surface area contributed by atoms with Crippen LogP contribution in [0.3, 0.4) is 0 Å². The summed E-state index contributed by atoms with van der Waals surface area (Å²) in [7, 11) is 0. The number of ether oxygens (including phenoxy) is 1. The third kappa shape index (κ3) is 4.89. The summed E-state index contributed by atoms with van der Waals surface area (Å²) in [6, 6.07) is 10.7. The van der Waals surface area contributed by atoms with Crippen molar-refractivity contribution in [2.45, 2.75) is 44.6 Å². The van der Waals surface area contributed by atoms with E-state index >= 15 is 0 Å². The summed E-state index contributed by atoms with van der Waals surface area (Å²) >= 11 is 1.53. The van der Waals surface area contributed by atoms with E-state index in [2.05, 4.69) is 32.2 Å². The molecule has 4 atom stereocenters. The summed E-state index contributed by atoms with van der Waals surface area (Å²) in [5.74, 6) is 1.04. The van der Waals surface area contributed by atoms with Gasteiger partial charge in [0.1, 0.15) is 5.82 Å². The first-order chi connectivity index (χ1) is 16.6. The van der Waals surface area contributed by atoms with E-state index in [0.29, 0.717) is 24.4 Å². The van der Waals surface area contributed by atoms with Crippen LogP contribution in [-0.4, -0.2) is 28.1 Å². The molecule has 0 radical (unpaired) electrons. The average Bonchev–Trinajstić information content (AvgIpc) is 3.30. The Kier molecular flexibility index (Phi) is 6.72. The summed E-state index contributed by atoms with van der Waals surface area (Å²) in [4.78, 5) is 16.5. The third-order valence-electron chi connectivity index (χ3n) is 7.01. The van der Waals surface area contributed by atoms with Gasteiger partial charge in [0.05, 0.1) is 18.0 Å². The number of nitrogens with zero attached hydrogens (tertiary/aromatic N) is 2. The van der Waals surface area contributed by atoms with Crippen LogP contribution in [0.2, 0.25) is 0 Å². The number of rotatable bonds is 5. The van der Waals surface area contributed by atoms with E-state index in [1.807, 2.05) is 25.1 Å². The van der Waals surface area contributed by atoms with Crippen molar-refractivity contribution in [2.75, 3.05) is 6.61 Å². The number of hydrogen-bond donors (Lipinski definition) is 1. The van der Waals surface area contributed by atoms with Crippen LogP contribution in [0.4, 0.5) is 9.18 Å². The first-order valence-electron chi connectivity index (χ1n) is 11.9. The van der Waals surface area contributed by atoms with Crippen molar-refractivity contribution in [1.82, 2.24) is 14.7 Å². The molecule has 5 nitrogen and oxygen atoms in total. The largest absolute Gasteiger partial charge is 0.450 e. The van der Waals surface area contributed by atoms with Crippen LogP contribution in [0, 0.1) is 17.7 Å². The van der Waals surface area contributed by atoms with Gasteiger partial charge < -0.3 is 10.1 Å². The molecule has 2 aromatic heterocycles. The van der Waals surface area contributed by atoms with Gasteiger partial charge in [-0.05, 0) is 91.4 Å². The second-order valence-electron chi connectivity index (χ2n) is 9.09. The minimum absolute atomic E-state index is 0.155. The standard InChI is InChI=1S/C27H28FN3O2S/c1-2-33-27(32)30-22-9-10-23-19(13-22)14-26-25(16-34-31-26)24(23)11-8-21-7-6-18(15-29-21)17-4-3-5-20(28)12-17/h3-8,11-12,15-16,19,22-24H,2,9-10,13-14H2,1H3,(H,30,32)/b11-8+/t19-,22+,23+,24-/m0/s1. The minimum atomic E-state index is -0.319. The number of alkyl carbamates (subject to hydrolysis) is 1. The van der Waals surface area contributed by atoms with E-state index in [-0.39, 0.29) is 18.0 Å². The molecule has 0 aliphatic heterocycles. The molecule has 1 saturated carbocycles. The number of amides is 1. The smallest absolute Gasteiger partial charge is 0.407 e. The van der Waals surface area contributed by atoms with E-state index in [4.69, 9.17) is 4.74 Å². The highest BCUT2D eigenvalue weighted by atomic mass is 32.1. The number of aromatic nitrogens is 2. The summed E-state index contributed by atoms with van der Waals surface area (Å²) in [6.45, 7) is 2.21. The van der Waals surface area contributed by atoms with Gasteiger partial charge in [-0.3, -0.25) is 4.98 Å². The number of pyridine rings is 1. The average molecular weight is 478 g/mol. The Labute approximate surface area is 203 Å². The van der Waals surface area contributed by atoms with E-state index in [1.165, 1.54) is 34.9 Å². The van der Waals surface area contributed by atoms with Crippen LogP contribution in [0.15, 0.2) is 54.1 Å². The predicted molar refractivity (Wildman–Crippen MR) is 132 cm³/mol. The number of nitrogens with one attached hydrogen (secondary N) is 1. The quantitative estimate of drug-likeness (QED) is 0.473. The van der Waals surface area contributed by atoms with Crippen molar-refractivity contribution in [3.8, 4) is 11.1 Å². The molecule has 176 valence electrons. The molecular formula is C27H28FN3O2S. The number of halogens is 1. The van der Waals surface area contributed by atoms with Crippen molar-refractivity contribution in [3.63, 3.8) is 0 Å². The van der Waals surface area contributed by atoms with E-state index in [1.54, 1.807) is 12.3 Å². The van der Waals surface area contributed by atoms with Gasteiger partial charge in [-0.25, -0.2) is 9.18 Å². The Morgan fingerprint density at radius 3 is 2.97 bits per heavy atom. The van der Waals surface area contributed by atoms with Crippen molar-refractivity contribution in [1.29, 1.82) is 0 Å². The van der Waals surface area contributed by atoms with Gasteiger partial charge in [0, 0.05) is 29.1 Å². The topological polar surface area (TPSA) is 64.1 Å². The zero-order valence-electron chi connectivity index (χ0n) is 19.1. The molecule has 0 unspecified atom stereocenters. The maximum absolute atomic E-state index is 13.5. The molecule has 1 aromatic carbocycles. The van der Waals surface area contributed by atoms with Gasteiger partial charge in [-0.1, -0.05) is 24.3 Å². The van der Waals surface area contributed by atoms with E-state index in [9.17, 15) is 9.18 Å². The summed E-state index contributed by atoms with van der Waals surface area (Å²) in [6.07, 6.45) is 9.76. The number of carbonyl (C=O) groups excluding carboxylic acids is 1. The lowest BCUT2D eigenvalue weighted by atomic mass is 9.64. The molecular weight excluding hydrogens is 449 g/mol. The van der Waals surface area contributed by atoms with Crippen molar-refractivity contribution >= 4 is 23.7 Å². The van der Waals surface area contributed by atoms with Crippen LogP contribution in [0.5, 0.6) is 0 Å². The van der Waals surface area contributed by atoms with Crippen LogP contribution in [0.1, 0.15) is 49.1 Å². The highest BCUT2D eigenvalue weighted by molar-refractivity contribution is 7.03. The van der Waals surface area contributed by atoms with Crippen LogP contribution < -0.4 is 5.32 Å². The monoisotopic (exact) mass is 477 g/mol. The number of allylic oxidation sites excluding steroid dienone is 1. The van der Waals surface area contributed by atoms with E-state index in [0.717, 1.165) is 42.5 Å². The zero-order valence-corrected chi connectivity index (χ0v) is 19.9. The summed E-state index contributed by atoms with van der Waals surface area (Å²) in [5.41, 5.74) is 5.11. The number of carbonyl (C=O) groups is 1. The highest BCUT2D eigenvalue weighted by Gasteiger charge is 2.40. The lowest BCUT2D eigenvalue weighted by Crippen LogP contribution is -2.44. The summed E-state index contributed by atoms with van der Waals surface area (Å²) < 4.78 is 23.3. The molecule has 0 bridgehead atoms. The van der Waals surface area contributed by atoms with Gasteiger partial charge in [-0.15, -0.1) is 0 Å². The number of fused-ring (bicyclic) bond motifs is 2. The molecule has 0 saturated heterocycles. The third-order valence-corrected chi connectivity index (χ3v) is 7.69.